The molecule has 0 fully saturated rings. The number of nitrogens with zero attached hydrogens (tertiary/aromatic N) is 3. The van der Waals surface area contributed by atoms with Gasteiger partial charge in [0.25, 0.3) is 0 Å². The van der Waals surface area contributed by atoms with Crippen LogP contribution in [0, 0.1) is 6.92 Å². The first kappa shape index (κ1) is 19.0. The second kappa shape index (κ2) is 8.35. The third-order valence-electron chi connectivity index (χ3n) is 4.03. The van der Waals surface area contributed by atoms with Crippen LogP contribution in [-0.4, -0.2) is 28.7 Å². The lowest BCUT2D eigenvalue weighted by Crippen LogP contribution is -2.16. The number of aromatic nitrogens is 4. The fourth-order valence-corrected chi connectivity index (χ4v) is 3.03. The summed E-state index contributed by atoms with van der Waals surface area (Å²) >= 11 is -2.32. The molecule has 0 radical (unpaired) electrons. The Morgan fingerprint density at radius 2 is 2.07 bits per heavy atom. The predicted molar refractivity (Wildman–Crippen MR) is 108 cm³/mol. The first-order valence-corrected chi connectivity index (χ1v) is 9.78. The molecule has 0 aliphatic heterocycles. The average molecular weight is 409 g/mol. The summed E-state index contributed by atoms with van der Waals surface area (Å²) in [6, 6.07) is 13.0. The number of fused-ring (bicyclic) bond motifs is 1. The van der Waals surface area contributed by atoms with Crippen molar-refractivity contribution in [2.24, 2.45) is 0 Å². The lowest BCUT2D eigenvalue weighted by molar-refractivity contribution is 0.463. The van der Waals surface area contributed by atoms with Crippen molar-refractivity contribution in [3.05, 3.63) is 66.2 Å². The van der Waals surface area contributed by atoms with E-state index in [2.05, 4.69) is 36.0 Å². The average Bonchev–Trinajstić information content (AvgIpc) is 3.07. The molecular weight excluding hydrogens is 392 g/mol. The van der Waals surface area contributed by atoms with Crippen molar-refractivity contribution in [2.75, 3.05) is 5.32 Å². The zero-order chi connectivity index (χ0) is 20.2. The SMILES string of the molecule is Cc1cc2cc(Oc3ccnc(Nc4ccc(CNS(=O)[O-])nc4)n3)ccc2[nH]1. The van der Waals surface area contributed by atoms with E-state index in [1.54, 1.807) is 30.6 Å². The summed E-state index contributed by atoms with van der Waals surface area (Å²) in [5.41, 5.74) is 3.39. The molecule has 1 atom stereocenters. The molecule has 3 aromatic heterocycles. The molecule has 0 aliphatic carbocycles. The van der Waals surface area contributed by atoms with Gasteiger partial charge < -0.3 is 19.6 Å². The minimum absolute atomic E-state index is 0.126. The third-order valence-corrected chi connectivity index (χ3v) is 4.41. The van der Waals surface area contributed by atoms with E-state index in [0.717, 1.165) is 16.6 Å². The minimum atomic E-state index is -2.32. The van der Waals surface area contributed by atoms with E-state index in [4.69, 9.17) is 4.74 Å². The maximum absolute atomic E-state index is 10.5. The molecule has 9 nitrogen and oxygen atoms in total. The highest BCUT2D eigenvalue weighted by molar-refractivity contribution is 7.77. The molecule has 0 saturated heterocycles. The molecular formula is C19H17N6O3S-. The zero-order valence-corrected chi connectivity index (χ0v) is 16.2. The van der Waals surface area contributed by atoms with Gasteiger partial charge in [-0.15, -0.1) is 0 Å². The highest BCUT2D eigenvalue weighted by Gasteiger charge is 2.05. The van der Waals surface area contributed by atoms with Crippen LogP contribution in [0.4, 0.5) is 11.6 Å². The molecule has 1 aromatic carbocycles. The maximum Gasteiger partial charge on any atom is 0.230 e. The molecule has 0 amide bonds. The number of aromatic amines is 1. The predicted octanol–water partition coefficient (Wildman–Crippen LogP) is 3.08. The number of aryl methyl sites for hydroxylation is 1. The van der Waals surface area contributed by atoms with Gasteiger partial charge in [0.2, 0.25) is 11.8 Å². The number of H-pyrrole nitrogens is 1. The van der Waals surface area contributed by atoms with Crippen LogP contribution in [0.3, 0.4) is 0 Å². The van der Waals surface area contributed by atoms with Gasteiger partial charge in [-0.3, -0.25) is 9.19 Å². The van der Waals surface area contributed by atoms with Crippen LogP contribution in [0.25, 0.3) is 10.9 Å². The molecule has 3 heterocycles. The summed E-state index contributed by atoms with van der Waals surface area (Å²) in [6.07, 6.45) is 3.17. The van der Waals surface area contributed by atoms with Gasteiger partial charge in [0, 0.05) is 46.7 Å². The molecule has 29 heavy (non-hydrogen) atoms. The van der Waals surface area contributed by atoms with Gasteiger partial charge in [0.1, 0.15) is 5.75 Å². The number of benzene rings is 1. The summed E-state index contributed by atoms with van der Waals surface area (Å²) in [4.78, 5) is 16.0. The van der Waals surface area contributed by atoms with Crippen LogP contribution in [0.1, 0.15) is 11.4 Å². The van der Waals surface area contributed by atoms with Gasteiger partial charge in [-0.2, -0.15) is 4.98 Å². The van der Waals surface area contributed by atoms with Crippen LogP contribution >= 0.6 is 0 Å². The second-order valence-electron chi connectivity index (χ2n) is 6.24. The smallest absolute Gasteiger partial charge is 0.230 e. The highest BCUT2D eigenvalue weighted by Crippen LogP contribution is 2.25. The lowest BCUT2D eigenvalue weighted by Gasteiger charge is -2.09. The largest absolute Gasteiger partial charge is 0.760 e. The molecule has 148 valence electrons. The van der Waals surface area contributed by atoms with Gasteiger partial charge in [-0.25, -0.2) is 9.71 Å². The Morgan fingerprint density at radius 1 is 1.17 bits per heavy atom. The fourth-order valence-electron chi connectivity index (χ4n) is 2.76. The fraction of sp³-hybridized carbons (Fsp3) is 0.105. The Balaban J connectivity index is 1.44. The molecule has 0 spiro atoms. The van der Waals surface area contributed by atoms with Gasteiger partial charge >= 0.3 is 0 Å². The summed E-state index contributed by atoms with van der Waals surface area (Å²) in [5, 5.41) is 4.11. The Kier molecular flexibility index (Phi) is 5.47. The number of ether oxygens (including phenoxy) is 1. The van der Waals surface area contributed by atoms with E-state index in [0.29, 0.717) is 29.0 Å². The molecule has 0 saturated carbocycles. The van der Waals surface area contributed by atoms with Crippen LogP contribution < -0.4 is 14.8 Å². The maximum atomic E-state index is 10.5. The quantitative estimate of drug-likeness (QED) is 0.400. The van der Waals surface area contributed by atoms with Crippen LogP contribution in [0.5, 0.6) is 11.6 Å². The topological polar surface area (TPSA) is 128 Å². The van der Waals surface area contributed by atoms with Crippen molar-refractivity contribution < 1.29 is 13.5 Å². The van der Waals surface area contributed by atoms with E-state index in [1.165, 1.54) is 0 Å². The van der Waals surface area contributed by atoms with E-state index in [-0.39, 0.29) is 6.54 Å². The zero-order valence-electron chi connectivity index (χ0n) is 15.4. The number of hydrogen-bond donors (Lipinski definition) is 3. The highest BCUT2D eigenvalue weighted by atomic mass is 32.2. The van der Waals surface area contributed by atoms with E-state index in [1.807, 2.05) is 25.1 Å². The van der Waals surface area contributed by atoms with Crippen molar-refractivity contribution in [2.45, 2.75) is 13.5 Å². The van der Waals surface area contributed by atoms with Gasteiger partial charge in [-0.05, 0) is 43.3 Å². The molecule has 4 aromatic rings. The monoisotopic (exact) mass is 409 g/mol. The minimum Gasteiger partial charge on any atom is -0.760 e. The van der Waals surface area contributed by atoms with Crippen molar-refractivity contribution in [1.29, 1.82) is 0 Å². The van der Waals surface area contributed by atoms with Gasteiger partial charge in [0.15, 0.2) is 0 Å². The Hall–Kier alpha value is -3.34. The van der Waals surface area contributed by atoms with Crippen molar-refractivity contribution in [1.82, 2.24) is 24.7 Å². The molecule has 10 heteroatoms. The summed E-state index contributed by atoms with van der Waals surface area (Å²) < 4.78 is 29.2. The number of nitrogens with one attached hydrogen (secondary N) is 3. The van der Waals surface area contributed by atoms with E-state index < -0.39 is 11.3 Å². The summed E-state index contributed by atoms with van der Waals surface area (Å²) in [6.45, 7) is 2.13. The third kappa shape index (κ3) is 4.93. The lowest BCUT2D eigenvalue weighted by atomic mass is 10.2. The molecule has 0 bridgehead atoms. The molecule has 3 N–H and O–H groups in total. The summed E-state index contributed by atoms with van der Waals surface area (Å²) in [7, 11) is 0. The van der Waals surface area contributed by atoms with Crippen LogP contribution in [-0.2, 0) is 17.8 Å². The number of hydrogen-bond acceptors (Lipinski definition) is 7. The van der Waals surface area contributed by atoms with Crippen molar-refractivity contribution in [3.63, 3.8) is 0 Å². The normalized spacial score (nSPS) is 12.1. The second-order valence-corrected chi connectivity index (χ2v) is 7.00. The van der Waals surface area contributed by atoms with Crippen molar-refractivity contribution >= 4 is 33.8 Å². The Labute approximate surface area is 169 Å². The van der Waals surface area contributed by atoms with Crippen LogP contribution in [0.2, 0.25) is 0 Å². The van der Waals surface area contributed by atoms with E-state index in [9.17, 15) is 8.76 Å². The Bertz CT molecular complexity index is 1160. The number of rotatable bonds is 7. The van der Waals surface area contributed by atoms with Gasteiger partial charge in [-0.1, -0.05) is 0 Å². The number of anilines is 2. The molecule has 4 rings (SSSR count). The van der Waals surface area contributed by atoms with E-state index >= 15 is 0 Å². The van der Waals surface area contributed by atoms with Gasteiger partial charge in [0.05, 0.1) is 17.6 Å². The van der Waals surface area contributed by atoms with Crippen LogP contribution in [0.15, 0.2) is 54.9 Å². The van der Waals surface area contributed by atoms with Crippen molar-refractivity contribution in [3.8, 4) is 11.6 Å². The first-order chi connectivity index (χ1) is 14.0. The molecule has 1 unspecified atom stereocenters. The standard InChI is InChI=1S/C19H18N6O3S/c1-12-8-13-9-16(4-5-17(13)23-12)28-18-6-7-20-19(25-18)24-15-3-2-14(21-10-15)11-22-29(26)27/h2-10,22-23H,11H2,1H3,(H,26,27)(H,20,24,25)/p-1. The Morgan fingerprint density at radius 3 is 2.86 bits per heavy atom. The number of pyridine rings is 1. The molecule has 0 aliphatic rings. The summed E-state index contributed by atoms with van der Waals surface area (Å²) in [5.74, 6) is 1.44. The first-order valence-electron chi connectivity index (χ1n) is 8.70.